The SMILES string of the molecule is Fc1ccccc1-c1nc2ccc(-c3ccc4nc(-c5ccccc5F)c(-c5ccccc5F)nc4c3)cc2nc1-c1ccccc1F. The van der Waals surface area contributed by atoms with Crippen LogP contribution in [0.25, 0.3) is 78.2 Å². The zero-order valence-electron chi connectivity index (χ0n) is 25.0. The molecule has 0 N–H and O–H groups in total. The predicted octanol–water partition coefficient (Wildman–Crippen LogP) is 10.5. The average Bonchev–Trinajstić information content (AvgIpc) is 3.11. The first-order chi connectivity index (χ1) is 23.4. The van der Waals surface area contributed by atoms with E-state index in [1.807, 2.05) is 24.3 Å². The molecule has 0 atom stereocenters. The summed E-state index contributed by atoms with van der Waals surface area (Å²) in [7, 11) is 0. The van der Waals surface area contributed by atoms with Crippen LogP contribution in [0, 0.1) is 23.3 Å². The fraction of sp³-hybridized carbons (Fsp3) is 0. The maximum atomic E-state index is 15.1. The molecule has 48 heavy (non-hydrogen) atoms. The lowest BCUT2D eigenvalue weighted by Crippen LogP contribution is -1.99. The molecule has 0 radical (unpaired) electrons. The molecule has 0 saturated carbocycles. The molecule has 2 heterocycles. The molecule has 0 fully saturated rings. The zero-order valence-corrected chi connectivity index (χ0v) is 25.0. The van der Waals surface area contributed by atoms with Crippen molar-refractivity contribution in [3.8, 4) is 56.2 Å². The lowest BCUT2D eigenvalue weighted by molar-refractivity contribution is 0.628. The first kappa shape index (κ1) is 29.1. The predicted molar refractivity (Wildman–Crippen MR) is 180 cm³/mol. The van der Waals surface area contributed by atoms with E-state index in [2.05, 4.69) is 0 Å². The normalized spacial score (nSPS) is 11.3. The molecule has 6 aromatic carbocycles. The quantitative estimate of drug-likeness (QED) is 0.177. The second-order valence-corrected chi connectivity index (χ2v) is 11.2. The highest BCUT2D eigenvalue weighted by atomic mass is 19.1. The molecule has 4 nitrogen and oxygen atoms in total. The fourth-order valence-corrected chi connectivity index (χ4v) is 5.83. The van der Waals surface area contributed by atoms with Crippen molar-refractivity contribution in [2.45, 2.75) is 0 Å². The minimum atomic E-state index is -0.506. The molecule has 0 aliphatic carbocycles. The van der Waals surface area contributed by atoms with Crippen LogP contribution in [0.15, 0.2) is 133 Å². The molecule has 0 unspecified atom stereocenters. The van der Waals surface area contributed by atoms with E-state index in [0.29, 0.717) is 22.1 Å². The Morgan fingerprint density at radius 3 is 0.854 bits per heavy atom. The van der Waals surface area contributed by atoms with Crippen molar-refractivity contribution < 1.29 is 17.6 Å². The van der Waals surface area contributed by atoms with Gasteiger partial charge in [-0.25, -0.2) is 37.5 Å². The summed E-state index contributed by atoms with van der Waals surface area (Å²) in [5.41, 5.74) is 5.13. The third-order valence-corrected chi connectivity index (χ3v) is 8.18. The molecule has 8 aromatic rings. The summed E-state index contributed by atoms with van der Waals surface area (Å²) in [5, 5.41) is 0. The number of nitrogens with zero attached hydrogens (tertiary/aromatic N) is 4. The van der Waals surface area contributed by atoms with Gasteiger partial charge in [-0.2, -0.15) is 0 Å². The molecule has 8 rings (SSSR count). The molecule has 0 bridgehead atoms. The fourth-order valence-electron chi connectivity index (χ4n) is 5.83. The first-order valence-corrected chi connectivity index (χ1v) is 15.1. The molecule has 0 aliphatic rings. The van der Waals surface area contributed by atoms with Crippen LogP contribution in [0.4, 0.5) is 17.6 Å². The Hall–Kier alpha value is -6.28. The summed E-state index contributed by atoms with van der Waals surface area (Å²) in [6, 6.07) is 35.6. The number of aromatic nitrogens is 4. The Balaban J connectivity index is 1.30. The van der Waals surface area contributed by atoms with Gasteiger partial charge in [0.1, 0.15) is 46.0 Å². The van der Waals surface area contributed by atoms with Crippen LogP contribution in [-0.4, -0.2) is 19.9 Å². The van der Waals surface area contributed by atoms with E-state index < -0.39 is 23.3 Å². The molecule has 8 heteroatoms. The van der Waals surface area contributed by atoms with Crippen LogP contribution >= 0.6 is 0 Å². The Labute approximate surface area is 272 Å². The van der Waals surface area contributed by atoms with Crippen LogP contribution in [-0.2, 0) is 0 Å². The highest BCUT2D eigenvalue weighted by Gasteiger charge is 2.21. The van der Waals surface area contributed by atoms with Gasteiger partial charge in [0, 0.05) is 22.3 Å². The van der Waals surface area contributed by atoms with Gasteiger partial charge in [-0.15, -0.1) is 0 Å². The molecule has 0 amide bonds. The average molecular weight is 635 g/mol. The molecular weight excluding hydrogens is 612 g/mol. The van der Waals surface area contributed by atoms with Gasteiger partial charge >= 0.3 is 0 Å². The summed E-state index contributed by atoms with van der Waals surface area (Å²) in [6.07, 6.45) is 0. The smallest absolute Gasteiger partial charge is 0.132 e. The van der Waals surface area contributed by atoms with Crippen molar-refractivity contribution in [3.63, 3.8) is 0 Å². The second kappa shape index (κ2) is 11.8. The Kier molecular flexibility index (Phi) is 7.18. The zero-order chi connectivity index (χ0) is 32.8. The largest absolute Gasteiger partial charge is 0.244 e. The minimum absolute atomic E-state index is 0.197. The van der Waals surface area contributed by atoms with Crippen LogP contribution in [0.1, 0.15) is 0 Å². The summed E-state index contributed by atoms with van der Waals surface area (Å²) in [5.74, 6) is -2.00. The van der Waals surface area contributed by atoms with E-state index in [0.717, 1.165) is 11.1 Å². The van der Waals surface area contributed by atoms with Gasteiger partial charge in [0.05, 0.1) is 22.1 Å². The summed E-state index contributed by atoms with van der Waals surface area (Å²) in [6.45, 7) is 0. The Morgan fingerprint density at radius 1 is 0.292 bits per heavy atom. The number of hydrogen-bond acceptors (Lipinski definition) is 4. The molecule has 0 aliphatic heterocycles. The third-order valence-electron chi connectivity index (χ3n) is 8.18. The maximum absolute atomic E-state index is 15.1. The lowest BCUT2D eigenvalue weighted by atomic mass is 10.0. The van der Waals surface area contributed by atoms with E-state index in [1.54, 1.807) is 84.9 Å². The van der Waals surface area contributed by atoms with Gasteiger partial charge in [0.25, 0.3) is 0 Å². The summed E-state index contributed by atoms with van der Waals surface area (Å²) in [4.78, 5) is 19.1. The number of rotatable bonds is 5. The third kappa shape index (κ3) is 5.13. The van der Waals surface area contributed by atoms with Crippen LogP contribution in [0.2, 0.25) is 0 Å². The van der Waals surface area contributed by atoms with Crippen LogP contribution < -0.4 is 0 Å². The molecule has 0 saturated heterocycles. The van der Waals surface area contributed by atoms with E-state index >= 15 is 8.78 Å². The number of benzene rings is 6. The molecule has 0 spiro atoms. The molecule has 2 aromatic heterocycles. The number of hydrogen-bond donors (Lipinski definition) is 0. The van der Waals surface area contributed by atoms with Crippen molar-refractivity contribution in [2.24, 2.45) is 0 Å². The van der Waals surface area contributed by atoms with Gasteiger partial charge in [-0.1, -0.05) is 60.7 Å². The summed E-state index contributed by atoms with van der Waals surface area (Å²) >= 11 is 0. The van der Waals surface area contributed by atoms with Crippen molar-refractivity contribution in [2.75, 3.05) is 0 Å². The van der Waals surface area contributed by atoms with Crippen LogP contribution in [0.5, 0.6) is 0 Å². The van der Waals surface area contributed by atoms with Gasteiger partial charge in [-0.3, -0.25) is 0 Å². The van der Waals surface area contributed by atoms with Gasteiger partial charge in [0.15, 0.2) is 0 Å². The topological polar surface area (TPSA) is 51.6 Å². The highest BCUT2D eigenvalue weighted by molar-refractivity contribution is 5.92. The van der Waals surface area contributed by atoms with E-state index in [1.165, 1.54) is 24.3 Å². The van der Waals surface area contributed by atoms with Crippen molar-refractivity contribution >= 4 is 22.1 Å². The Bertz CT molecular complexity index is 2360. The maximum Gasteiger partial charge on any atom is 0.132 e. The summed E-state index contributed by atoms with van der Waals surface area (Å²) < 4.78 is 60.1. The first-order valence-electron chi connectivity index (χ1n) is 15.1. The van der Waals surface area contributed by atoms with E-state index in [-0.39, 0.29) is 45.0 Å². The van der Waals surface area contributed by atoms with Gasteiger partial charge in [0.2, 0.25) is 0 Å². The highest BCUT2D eigenvalue weighted by Crippen LogP contribution is 2.37. The van der Waals surface area contributed by atoms with E-state index in [4.69, 9.17) is 19.9 Å². The standard InChI is InChI=1S/C40H22F4N4/c41-29-13-5-1-9-25(29)37-39(27-11-3-7-15-31(27)43)47-35-21-23(17-19-33(35)45-37)24-18-20-34-36(22-24)48-40(28-12-4-8-16-32(28)44)38(46-34)26-10-2-6-14-30(26)42/h1-22H. The van der Waals surface area contributed by atoms with E-state index in [9.17, 15) is 8.78 Å². The number of halogens is 4. The molecular formula is C40H22F4N4. The van der Waals surface area contributed by atoms with Gasteiger partial charge < -0.3 is 0 Å². The monoisotopic (exact) mass is 634 g/mol. The van der Waals surface area contributed by atoms with Crippen LogP contribution in [0.3, 0.4) is 0 Å². The Morgan fingerprint density at radius 2 is 0.562 bits per heavy atom. The van der Waals surface area contributed by atoms with Gasteiger partial charge in [-0.05, 0) is 83.9 Å². The molecule has 230 valence electrons. The second-order valence-electron chi connectivity index (χ2n) is 11.2. The van der Waals surface area contributed by atoms with Crippen molar-refractivity contribution in [3.05, 3.63) is 157 Å². The lowest BCUT2D eigenvalue weighted by Gasteiger charge is -2.14. The van der Waals surface area contributed by atoms with Crippen molar-refractivity contribution in [1.82, 2.24) is 19.9 Å². The minimum Gasteiger partial charge on any atom is -0.244 e. The van der Waals surface area contributed by atoms with Crippen molar-refractivity contribution in [1.29, 1.82) is 0 Å². The number of fused-ring (bicyclic) bond motifs is 2.